The fraction of sp³-hybridized carbons (Fsp3) is 0.647. The monoisotopic (exact) mass is 247 g/mol. The molecule has 18 heavy (non-hydrogen) atoms. The first-order valence-electron chi connectivity index (χ1n) is 7.44. The Kier molecular flexibility index (Phi) is 7.04. The Morgan fingerprint density at radius 3 is 2.28 bits per heavy atom. The number of rotatable bonds is 8. The number of hydrogen-bond acceptors (Lipinski definition) is 1. The van der Waals surface area contributed by atoms with Gasteiger partial charge in [-0.05, 0) is 44.7 Å². The smallest absolute Gasteiger partial charge is 0.0133 e. The van der Waals surface area contributed by atoms with Crippen LogP contribution in [0.25, 0.3) is 0 Å². The largest absolute Gasteiger partial charge is 0.316 e. The molecule has 1 heteroatoms. The predicted molar refractivity (Wildman–Crippen MR) is 81.0 cm³/mol. The van der Waals surface area contributed by atoms with Crippen molar-refractivity contribution in [3.05, 3.63) is 35.4 Å². The number of benzene rings is 1. The molecule has 0 bridgehead atoms. The zero-order chi connectivity index (χ0) is 13.4. The van der Waals surface area contributed by atoms with Gasteiger partial charge in [-0.15, -0.1) is 0 Å². The van der Waals surface area contributed by atoms with Crippen LogP contribution in [0, 0.1) is 12.8 Å². The summed E-state index contributed by atoms with van der Waals surface area (Å²) in [5.74, 6) is 0.811. The van der Waals surface area contributed by atoms with Gasteiger partial charge in [0.05, 0.1) is 0 Å². The summed E-state index contributed by atoms with van der Waals surface area (Å²) in [4.78, 5) is 0. The van der Waals surface area contributed by atoms with E-state index in [2.05, 4.69) is 57.4 Å². The standard InChI is InChI=1S/C17H29N/c1-5-8-16(9-6-2)17(18-4)13-15-11-7-10-14(3)12-15/h7,10-12,16-18H,5-6,8-9,13H2,1-4H3. The molecule has 0 amide bonds. The lowest BCUT2D eigenvalue weighted by Gasteiger charge is -2.26. The third kappa shape index (κ3) is 4.81. The second-order valence-electron chi connectivity index (χ2n) is 5.43. The van der Waals surface area contributed by atoms with E-state index >= 15 is 0 Å². The van der Waals surface area contributed by atoms with E-state index in [9.17, 15) is 0 Å². The molecule has 102 valence electrons. The van der Waals surface area contributed by atoms with E-state index in [-0.39, 0.29) is 0 Å². The summed E-state index contributed by atoms with van der Waals surface area (Å²) >= 11 is 0. The van der Waals surface area contributed by atoms with Crippen LogP contribution >= 0.6 is 0 Å². The summed E-state index contributed by atoms with van der Waals surface area (Å²) in [5.41, 5.74) is 2.83. The fourth-order valence-electron chi connectivity index (χ4n) is 2.89. The van der Waals surface area contributed by atoms with Gasteiger partial charge in [-0.1, -0.05) is 56.5 Å². The van der Waals surface area contributed by atoms with Gasteiger partial charge >= 0.3 is 0 Å². The molecule has 1 unspecified atom stereocenters. The van der Waals surface area contributed by atoms with Crippen LogP contribution in [0.1, 0.15) is 50.7 Å². The first-order valence-corrected chi connectivity index (χ1v) is 7.44. The highest BCUT2D eigenvalue weighted by Gasteiger charge is 2.18. The maximum absolute atomic E-state index is 3.54. The lowest BCUT2D eigenvalue weighted by Crippen LogP contribution is -2.35. The third-order valence-electron chi connectivity index (χ3n) is 3.80. The van der Waals surface area contributed by atoms with Crippen molar-refractivity contribution in [1.29, 1.82) is 0 Å². The molecule has 0 saturated heterocycles. The van der Waals surface area contributed by atoms with E-state index < -0.39 is 0 Å². The first-order chi connectivity index (χ1) is 8.71. The molecule has 0 aromatic heterocycles. The van der Waals surface area contributed by atoms with Crippen molar-refractivity contribution in [2.24, 2.45) is 5.92 Å². The lowest BCUT2D eigenvalue weighted by molar-refractivity contribution is 0.322. The predicted octanol–water partition coefficient (Wildman–Crippen LogP) is 4.34. The molecular formula is C17H29N. The van der Waals surface area contributed by atoms with Crippen molar-refractivity contribution >= 4 is 0 Å². The molecule has 1 atom stereocenters. The minimum atomic E-state index is 0.617. The zero-order valence-electron chi connectivity index (χ0n) is 12.5. The van der Waals surface area contributed by atoms with Gasteiger partial charge in [0.2, 0.25) is 0 Å². The topological polar surface area (TPSA) is 12.0 Å². The minimum absolute atomic E-state index is 0.617. The molecule has 0 aliphatic carbocycles. The second kappa shape index (κ2) is 8.31. The van der Waals surface area contributed by atoms with Crippen molar-refractivity contribution in [1.82, 2.24) is 5.32 Å². The molecule has 0 radical (unpaired) electrons. The SMILES string of the molecule is CCCC(CCC)C(Cc1cccc(C)c1)NC. The highest BCUT2D eigenvalue weighted by Crippen LogP contribution is 2.21. The van der Waals surface area contributed by atoms with E-state index in [0.29, 0.717) is 6.04 Å². The fourth-order valence-corrected chi connectivity index (χ4v) is 2.89. The van der Waals surface area contributed by atoms with Crippen LogP contribution in [0.5, 0.6) is 0 Å². The number of likely N-dealkylation sites (N-methyl/N-ethyl adjacent to an activating group) is 1. The van der Waals surface area contributed by atoms with E-state index in [1.165, 1.54) is 36.8 Å². The van der Waals surface area contributed by atoms with Crippen LogP contribution in [0.2, 0.25) is 0 Å². The summed E-state index contributed by atoms with van der Waals surface area (Å²) in [6.45, 7) is 6.76. The molecule has 1 N–H and O–H groups in total. The van der Waals surface area contributed by atoms with Gasteiger partial charge in [0.15, 0.2) is 0 Å². The van der Waals surface area contributed by atoms with Crippen molar-refractivity contribution in [2.45, 2.75) is 58.9 Å². The molecule has 0 saturated carbocycles. The maximum Gasteiger partial charge on any atom is 0.0133 e. The molecule has 0 aliphatic heterocycles. The molecule has 1 rings (SSSR count). The van der Waals surface area contributed by atoms with E-state index in [1.54, 1.807) is 0 Å². The number of aryl methyl sites for hydroxylation is 1. The maximum atomic E-state index is 3.54. The minimum Gasteiger partial charge on any atom is -0.316 e. The Morgan fingerprint density at radius 1 is 1.11 bits per heavy atom. The first kappa shape index (κ1) is 15.2. The van der Waals surface area contributed by atoms with Crippen molar-refractivity contribution < 1.29 is 0 Å². The van der Waals surface area contributed by atoms with Gasteiger partial charge in [0.1, 0.15) is 0 Å². The van der Waals surface area contributed by atoms with Gasteiger partial charge in [-0.3, -0.25) is 0 Å². The molecule has 1 aromatic carbocycles. The quantitative estimate of drug-likeness (QED) is 0.720. The van der Waals surface area contributed by atoms with Crippen LogP contribution in [0.3, 0.4) is 0 Å². The number of hydrogen-bond donors (Lipinski definition) is 1. The van der Waals surface area contributed by atoms with Gasteiger partial charge in [-0.2, -0.15) is 0 Å². The highest BCUT2D eigenvalue weighted by atomic mass is 14.9. The van der Waals surface area contributed by atoms with E-state index in [0.717, 1.165) is 12.3 Å². The lowest BCUT2D eigenvalue weighted by atomic mass is 9.86. The Bertz CT molecular complexity index is 326. The molecule has 1 aromatic rings. The Balaban J connectivity index is 2.69. The summed E-state index contributed by atoms with van der Waals surface area (Å²) < 4.78 is 0. The van der Waals surface area contributed by atoms with Crippen LogP contribution in [0.15, 0.2) is 24.3 Å². The average molecular weight is 247 g/mol. The molecule has 0 aliphatic rings. The second-order valence-corrected chi connectivity index (χ2v) is 5.43. The summed E-state index contributed by atoms with van der Waals surface area (Å²) in [5, 5.41) is 3.54. The van der Waals surface area contributed by atoms with Crippen molar-refractivity contribution in [2.75, 3.05) is 7.05 Å². The third-order valence-corrected chi connectivity index (χ3v) is 3.80. The Morgan fingerprint density at radius 2 is 1.78 bits per heavy atom. The highest BCUT2D eigenvalue weighted by molar-refractivity contribution is 5.23. The van der Waals surface area contributed by atoms with Gasteiger partial charge < -0.3 is 5.32 Å². The molecule has 0 fully saturated rings. The molecule has 0 heterocycles. The normalized spacial score (nSPS) is 12.9. The molecule has 1 nitrogen and oxygen atoms in total. The molecule has 0 spiro atoms. The van der Waals surface area contributed by atoms with Gasteiger partial charge in [0.25, 0.3) is 0 Å². The Labute approximate surface area is 113 Å². The van der Waals surface area contributed by atoms with Gasteiger partial charge in [-0.25, -0.2) is 0 Å². The summed E-state index contributed by atoms with van der Waals surface area (Å²) in [6, 6.07) is 9.54. The Hall–Kier alpha value is -0.820. The van der Waals surface area contributed by atoms with E-state index in [1.807, 2.05) is 0 Å². The van der Waals surface area contributed by atoms with Crippen LogP contribution in [-0.4, -0.2) is 13.1 Å². The molecular weight excluding hydrogens is 218 g/mol. The van der Waals surface area contributed by atoms with Crippen molar-refractivity contribution in [3.63, 3.8) is 0 Å². The van der Waals surface area contributed by atoms with Crippen LogP contribution in [0.4, 0.5) is 0 Å². The summed E-state index contributed by atoms with van der Waals surface area (Å²) in [7, 11) is 2.11. The number of nitrogens with one attached hydrogen (secondary N) is 1. The van der Waals surface area contributed by atoms with Crippen molar-refractivity contribution in [3.8, 4) is 0 Å². The van der Waals surface area contributed by atoms with Crippen LogP contribution in [-0.2, 0) is 6.42 Å². The van der Waals surface area contributed by atoms with E-state index in [4.69, 9.17) is 0 Å². The average Bonchev–Trinajstić information content (AvgIpc) is 2.36. The summed E-state index contributed by atoms with van der Waals surface area (Å²) in [6.07, 6.45) is 6.41. The van der Waals surface area contributed by atoms with Crippen LogP contribution < -0.4 is 5.32 Å². The zero-order valence-corrected chi connectivity index (χ0v) is 12.5. The van der Waals surface area contributed by atoms with Gasteiger partial charge in [0, 0.05) is 6.04 Å².